The van der Waals surface area contributed by atoms with Gasteiger partial charge in [-0.25, -0.2) is 4.79 Å². The first kappa shape index (κ1) is 18.6. The maximum Gasteiger partial charge on any atom is 0.407 e. The number of halogens is 1. The summed E-state index contributed by atoms with van der Waals surface area (Å²) in [4.78, 5) is 29.0. The Balaban J connectivity index is 1.84. The van der Waals surface area contributed by atoms with Crippen LogP contribution in [0.1, 0.15) is 43.0 Å². The van der Waals surface area contributed by atoms with Crippen molar-refractivity contribution in [1.82, 2.24) is 9.88 Å². The van der Waals surface area contributed by atoms with Crippen molar-refractivity contribution >= 4 is 44.4 Å². The number of Topliss-reactive ketones (excluding diaryl/α,β-unsaturated/α-hetero) is 1. The van der Waals surface area contributed by atoms with Crippen LogP contribution >= 0.6 is 15.9 Å². The SMILES string of the molecule is CC(=O)c1cnc2ccc(Br)cc2c1N[C@H]1CC[C@H](N(C)C(=O)O)CC1. The molecule has 6 nitrogen and oxygen atoms in total. The highest BCUT2D eigenvalue weighted by Crippen LogP contribution is 2.32. The van der Waals surface area contributed by atoms with Crippen molar-refractivity contribution in [2.24, 2.45) is 0 Å². The van der Waals surface area contributed by atoms with E-state index < -0.39 is 6.09 Å². The van der Waals surface area contributed by atoms with Crippen LogP contribution in [0.2, 0.25) is 0 Å². The molecule has 0 atom stereocenters. The topological polar surface area (TPSA) is 82.5 Å². The number of carboxylic acid groups (broad SMARTS) is 1. The number of pyridine rings is 1. The van der Waals surface area contributed by atoms with E-state index in [1.165, 1.54) is 4.90 Å². The molecule has 1 heterocycles. The summed E-state index contributed by atoms with van der Waals surface area (Å²) in [5, 5.41) is 13.6. The molecule has 0 spiro atoms. The number of nitrogens with zero attached hydrogens (tertiary/aromatic N) is 2. The Bertz CT molecular complexity index is 847. The molecule has 2 N–H and O–H groups in total. The molecule has 0 saturated heterocycles. The number of rotatable bonds is 4. The highest BCUT2D eigenvalue weighted by Gasteiger charge is 2.27. The number of carbonyl (C=O) groups excluding carboxylic acids is 1. The lowest BCUT2D eigenvalue weighted by atomic mass is 9.90. The monoisotopic (exact) mass is 419 g/mol. The number of anilines is 1. The van der Waals surface area contributed by atoms with E-state index in [0.29, 0.717) is 5.56 Å². The quantitative estimate of drug-likeness (QED) is 0.711. The Labute approximate surface area is 160 Å². The Morgan fingerprint density at radius 3 is 2.58 bits per heavy atom. The summed E-state index contributed by atoms with van der Waals surface area (Å²) in [6.45, 7) is 1.55. The van der Waals surface area contributed by atoms with E-state index in [9.17, 15) is 9.59 Å². The zero-order valence-corrected chi connectivity index (χ0v) is 16.4. The Morgan fingerprint density at radius 2 is 1.96 bits per heavy atom. The van der Waals surface area contributed by atoms with Gasteiger partial charge in [0, 0.05) is 35.2 Å². The number of benzene rings is 1. The highest BCUT2D eigenvalue weighted by atomic mass is 79.9. The molecular weight excluding hydrogens is 398 g/mol. The summed E-state index contributed by atoms with van der Waals surface area (Å²) in [5.41, 5.74) is 2.24. The van der Waals surface area contributed by atoms with Gasteiger partial charge in [-0.05, 0) is 50.8 Å². The first-order valence-corrected chi connectivity index (χ1v) is 9.47. The molecule has 26 heavy (non-hydrogen) atoms. The van der Waals surface area contributed by atoms with Crippen LogP contribution < -0.4 is 5.32 Å². The lowest BCUT2D eigenvalue weighted by Gasteiger charge is -2.34. The molecule has 7 heteroatoms. The third-order valence-corrected chi connectivity index (χ3v) is 5.60. The molecule has 0 bridgehead atoms. The van der Waals surface area contributed by atoms with E-state index in [2.05, 4.69) is 26.2 Å². The van der Waals surface area contributed by atoms with Gasteiger partial charge in [-0.1, -0.05) is 15.9 Å². The van der Waals surface area contributed by atoms with Crippen LogP contribution in [-0.2, 0) is 0 Å². The molecule has 0 unspecified atom stereocenters. The Morgan fingerprint density at radius 1 is 1.27 bits per heavy atom. The van der Waals surface area contributed by atoms with E-state index in [4.69, 9.17) is 5.11 Å². The third kappa shape index (κ3) is 3.82. The average molecular weight is 420 g/mol. The lowest BCUT2D eigenvalue weighted by molar-refractivity contribution is 0.101. The summed E-state index contributed by atoms with van der Waals surface area (Å²) < 4.78 is 0.933. The molecule has 138 valence electrons. The summed E-state index contributed by atoms with van der Waals surface area (Å²) >= 11 is 3.49. The van der Waals surface area contributed by atoms with Crippen molar-refractivity contribution in [2.45, 2.75) is 44.7 Å². The maximum atomic E-state index is 12.1. The summed E-state index contributed by atoms with van der Waals surface area (Å²) in [5.74, 6) is -0.0267. The molecule has 1 fully saturated rings. The van der Waals surface area contributed by atoms with Crippen LogP contribution in [0.25, 0.3) is 10.9 Å². The Kier molecular flexibility index (Phi) is 5.46. The van der Waals surface area contributed by atoms with E-state index >= 15 is 0 Å². The smallest absolute Gasteiger partial charge is 0.407 e. The van der Waals surface area contributed by atoms with Crippen molar-refractivity contribution in [3.8, 4) is 0 Å². The molecule has 0 aliphatic heterocycles. The summed E-state index contributed by atoms with van der Waals surface area (Å²) in [6.07, 6.45) is 4.08. The van der Waals surface area contributed by atoms with Crippen molar-refractivity contribution in [3.63, 3.8) is 0 Å². The molecule has 1 aliphatic rings. The maximum absolute atomic E-state index is 12.1. The predicted octanol–water partition coefficient (Wildman–Crippen LogP) is 4.53. The fraction of sp³-hybridized carbons (Fsp3) is 0.421. The Hall–Kier alpha value is -2.15. The fourth-order valence-corrected chi connectivity index (χ4v) is 3.92. The normalized spacial score (nSPS) is 20.0. The number of ketones is 1. The molecule has 0 radical (unpaired) electrons. The number of amides is 1. The second-order valence-electron chi connectivity index (χ2n) is 6.81. The first-order valence-electron chi connectivity index (χ1n) is 8.68. The van der Waals surface area contributed by atoms with Gasteiger partial charge in [0.1, 0.15) is 0 Å². The zero-order valence-electron chi connectivity index (χ0n) is 14.8. The predicted molar refractivity (Wildman–Crippen MR) is 105 cm³/mol. The number of carbonyl (C=O) groups is 2. The molecular formula is C19H22BrN3O3. The van der Waals surface area contributed by atoms with Crippen LogP contribution in [0.4, 0.5) is 10.5 Å². The minimum absolute atomic E-state index is 0.0267. The molecule has 3 rings (SSSR count). The minimum Gasteiger partial charge on any atom is -0.465 e. The molecule has 1 aromatic heterocycles. The van der Waals surface area contributed by atoms with Gasteiger partial charge in [-0.15, -0.1) is 0 Å². The molecule has 1 aromatic carbocycles. The van der Waals surface area contributed by atoms with Crippen LogP contribution in [0, 0.1) is 0 Å². The van der Waals surface area contributed by atoms with Crippen LogP contribution in [0.15, 0.2) is 28.9 Å². The van der Waals surface area contributed by atoms with E-state index in [0.717, 1.165) is 46.7 Å². The number of fused-ring (bicyclic) bond motifs is 1. The number of hydrogen-bond donors (Lipinski definition) is 2. The van der Waals surface area contributed by atoms with E-state index in [-0.39, 0.29) is 17.9 Å². The first-order chi connectivity index (χ1) is 12.4. The second-order valence-corrected chi connectivity index (χ2v) is 7.72. The summed E-state index contributed by atoms with van der Waals surface area (Å²) in [6, 6.07) is 6.09. The van der Waals surface area contributed by atoms with Crippen molar-refractivity contribution in [1.29, 1.82) is 0 Å². The number of aromatic nitrogens is 1. The van der Waals surface area contributed by atoms with Crippen LogP contribution in [-0.4, -0.2) is 46.0 Å². The van der Waals surface area contributed by atoms with Gasteiger partial charge in [0.2, 0.25) is 0 Å². The second kappa shape index (κ2) is 7.61. The molecule has 1 saturated carbocycles. The van der Waals surface area contributed by atoms with Crippen LogP contribution in [0.3, 0.4) is 0 Å². The molecule has 2 aromatic rings. The largest absolute Gasteiger partial charge is 0.465 e. The van der Waals surface area contributed by atoms with Crippen molar-refractivity contribution in [2.75, 3.05) is 12.4 Å². The standard InChI is InChI=1S/C19H22BrN3O3/c1-11(24)16-10-21-17-8-3-12(20)9-15(17)18(16)22-13-4-6-14(7-5-13)23(2)19(25)26/h3,8-10,13-14H,4-7H2,1-2H3,(H,21,22)(H,25,26)/t13-,14-. The van der Waals surface area contributed by atoms with Gasteiger partial charge in [0.25, 0.3) is 0 Å². The van der Waals surface area contributed by atoms with Gasteiger partial charge in [-0.3, -0.25) is 9.78 Å². The summed E-state index contributed by atoms with van der Waals surface area (Å²) in [7, 11) is 1.63. The average Bonchev–Trinajstić information content (AvgIpc) is 2.61. The number of nitrogens with one attached hydrogen (secondary N) is 1. The minimum atomic E-state index is -0.884. The van der Waals surface area contributed by atoms with E-state index in [1.54, 1.807) is 20.2 Å². The van der Waals surface area contributed by atoms with Gasteiger partial charge in [0.05, 0.1) is 16.8 Å². The molecule has 1 aliphatic carbocycles. The fourth-order valence-electron chi connectivity index (χ4n) is 3.56. The van der Waals surface area contributed by atoms with Gasteiger partial charge < -0.3 is 15.3 Å². The highest BCUT2D eigenvalue weighted by molar-refractivity contribution is 9.10. The zero-order chi connectivity index (χ0) is 18.8. The number of hydrogen-bond acceptors (Lipinski definition) is 4. The van der Waals surface area contributed by atoms with Gasteiger partial charge in [-0.2, -0.15) is 0 Å². The third-order valence-electron chi connectivity index (χ3n) is 5.10. The molecule has 1 amide bonds. The van der Waals surface area contributed by atoms with Crippen LogP contribution in [0.5, 0.6) is 0 Å². The van der Waals surface area contributed by atoms with Gasteiger partial charge in [0.15, 0.2) is 5.78 Å². The lowest BCUT2D eigenvalue weighted by Crippen LogP contribution is -2.41. The van der Waals surface area contributed by atoms with Crippen molar-refractivity contribution < 1.29 is 14.7 Å². The van der Waals surface area contributed by atoms with Crippen molar-refractivity contribution in [3.05, 3.63) is 34.4 Å². The van der Waals surface area contributed by atoms with E-state index in [1.807, 2.05) is 18.2 Å². The van der Waals surface area contributed by atoms with Gasteiger partial charge >= 0.3 is 6.09 Å².